The van der Waals surface area contributed by atoms with E-state index in [0.29, 0.717) is 11.3 Å². The van der Waals surface area contributed by atoms with E-state index >= 15 is 0 Å². The van der Waals surface area contributed by atoms with Crippen molar-refractivity contribution in [1.82, 2.24) is 5.32 Å². The van der Waals surface area contributed by atoms with Crippen LogP contribution in [-0.2, 0) is 0 Å². The molecule has 0 unspecified atom stereocenters. The lowest BCUT2D eigenvalue weighted by Crippen LogP contribution is -2.56. The van der Waals surface area contributed by atoms with Crippen molar-refractivity contribution in [3.63, 3.8) is 0 Å². The van der Waals surface area contributed by atoms with Gasteiger partial charge in [-0.25, -0.2) is 0 Å². The van der Waals surface area contributed by atoms with E-state index in [9.17, 15) is 9.90 Å². The van der Waals surface area contributed by atoms with Crippen LogP contribution < -0.4 is 11.1 Å². The minimum atomic E-state index is -0.467. The molecule has 1 aliphatic carbocycles. The Balaban J connectivity index is 2.17. The van der Waals surface area contributed by atoms with Crippen LogP contribution in [0.1, 0.15) is 29.6 Å². The fourth-order valence-corrected chi connectivity index (χ4v) is 2.17. The number of aliphatic hydroxyl groups excluding tert-OH is 1. The number of rotatable bonds is 3. The Kier molecular flexibility index (Phi) is 3.26. The standard InChI is InChI=1S/C12H15ClN2O2/c13-10-8(3-1-4-9(10)14)11(17)15-12(7-16)5-2-6-12/h1,3-4,16H,2,5-7,14H2,(H,15,17). The second-order valence-corrected chi connectivity index (χ2v) is 4.83. The van der Waals surface area contributed by atoms with Crippen molar-refractivity contribution >= 4 is 23.2 Å². The number of amides is 1. The van der Waals surface area contributed by atoms with Crippen LogP contribution in [0.4, 0.5) is 5.69 Å². The predicted octanol–water partition coefficient (Wildman–Crippen LogP) is 1.57. The number of benzene rings is 1. The highest BCUT2D eigenvalue weighted by Crippen LogP contribution is 2.32. The Morgan fingerprint density at radius 3 is 2.76 bits per heavy atom. The molecule has 1 saturated carbocycles. The fourth-order valence-electron chi connectivity index (χ4n) is 1.96. The first-order valence-corrected chi connectivity index (χ1v) is 5.93. The first-order chi connectivity index (χ1) is 8.08. The van der Waals surface area contributed by atoms with Crippen LogP contribution in [-0.4, -0.2) is 23.2 Å². The molecule has 1 aliphatic rings. The largest absolute Gasteiger partial charge is 0.398 e. The van der Waals surface area contributed by atoms with Crippen LogP contribution in [0.25, 0.3) is 0 Å². The van der Waals surface area contributed by atoms with Gasteiger partial charge in [0, 0.05) is 0 Å². The van der Waals surface area contributed by atoms with E-state index in [4.69, 9.17) is 17.3 Å². The number of carbonyl (C=O) groups excluding carboxylic acids is 1. The summed E-state index contributed by atoms with van der Waals surface area (Å²) in [6.07, 6.45) is 2.62. The van der Waals surface area contributed by atoms with E-state index in [1.54, 1.807) is 18.2 Å². The third-order valence-corrected chi connectivity index (χ3v) is 3.69. The molecule has 4 nitrogen and oxygen atoms in total. The number of hydrogen-bond acceptors (Lipinski definition) is 3. The molecule has 0 heterocycles. The zero-order chi connectivity index (χ0) is 12.5. The van der Waals surface area contributed by atoms with Crippen molar-refractivity contribution in [2.24, 2.45) is 0 Å². The maximum Gasteiger partial charge on any atom is 0.253 e. The third-order valence-electron chi connectivity index (χ3n) is 3.27. The molecule has 4 N–H and O–H groups in total. The van der Waals surface area contributed by atoms with E-state index in [1.165, 1.54) is 0 Å². The SMILES string of the molecule is Nc1cccc(C(=O)NC2(CO)CCC2)c1Cl. The lowest BCUT2D eigenvalue weighted by Gasteiger charge is -2.41. The maximum atomic E-state index is 12.0. The average molecular weight is 255 g/mol. The van der Waals surface area contributed by atoms with Gasteiger partial charge in [0.1, 0.15) is 0 Å². The summed E-state index contributed by atoms with van der Waals surface area (Å²) in [5.74, 6) is -0.281. The van der Waals surface area contributed by atoms with Crippen molar-refractivity contribution in [2.75, 3.05) is 12.3 Å². The van der Waals surface area contributed by atoms with Crippen molar-refractivity contribution in [1.29, 1.82) is 0 Å². The lowest BCUT2D eigenvalue weighted by molar-refractivity contribution is 0.0642. The van der Waals surface area contributed by atoms with E-state index in [0.717, 1.165) is 19.3 Å². The molecule has 0 aromatic heterocycles. The molecule has 17 heavy (non-hydrogen) atoms. The number of nitrogen functional groups attached to an aromatic ring is 1. The molecule has 0 spiro atoms. The maximum absolute atomic E-state index is 12.0. The molecule has 1 amide bonds. The summed E-state index contributed by atoms with van der Waals surface area (Å²) in [6.45, 7) is -0.0430. The highest BCUT2D eigenvalue weighted by atomic mass is 35.5. The first kappa shape index (κ1) is 12.2. The number of halogens is 1. The van der Waals surface area contributed by atoms with E-state index in [-0.39, 0.29) is 17.5 Å². The summed E-state index contributed by atoms with van der Waals surface area (Å²) in [7, 11) is 0. The minimum Gasteiger partial charge on any atom is -0.398 e. The monoisotopic (exact) mass is 254 g/mol. The molecule has 2 rings (SSSR count). The van der Waals surface area contributed by atoms with Crippen molar-refractivity contribution < 1.29 is 9.90 Å². The van der Waals surface area contributed by atoms with Crippen LogP contribution in [0.3, 0.4) is 0 Å². The topological polar surface area (TPSA) is 75.4 Å². The zero-order valence-corrected chi connectivity index (χ0v) is 10.1. The van der Waals surface area contributed by atoms with Crippen LogP contribution in [0.15, 0.2) is 18.2 Å². The van der Waals surface area contributed by atoms with Crippen LogP contribution in [0.5, 0.6) is 0 Å². The van der Waals surface area contributed by atoms with Gasteiger partial charge in [0.15, 0.2) is 0 Å². The van der Waals surface area contributed by atoms with Crippen LogP contribution in [0.2, 0.25) is 5.02 Å². The number of nitrogens with two attached hydrogens (primary N) is 1. The van der Waals surface area contributed by atoms with Gasteiger partial charge in [0.25, 0.3) is 5.91 Å². The molecule has 0 atom stereocenters. The second-order valence-electron chi connectivity index (χ2n) is 4.45. The van der Waals surface area contributed by atoms with Gasteiger partial charge in [0.05, 0.1) is 28.4 Å². The Labute approximate surface area is 105 Å². The van der Waals surface area contributed by atoms with E-state index in [1.807, 2.05) is 0 Å². The smallest absolute Gasteiger partial charge is 0.253 e. The van der Waals surface area contributed by atoms with Gasteiger partial charge in [-0.3, -0.25) is 4.79 Å². The van der Waals surface area contributed by atoms with Gasteiger partial charge in [-0.2, -0.15) is 0 Å². The molecular weight excluding hydrogens is 240 g/mol. The summed E-state index contributed by atoms with van der Waals surface area (Å²) in [5, 5.41) is 12.4. The Morgan fingerprint density at radius 2 is 2.24 bits per heavy atom. The summed E-state index contributed by atoms with van der Waals surface area (Å²) in [4.78, 5) is 12.0. The van der Waals surface area contributed by atoms with Crippen LogP contribution in [0, 0.1) is 0 Å². The molecule has 0 radical (unpaired) electrons. The fraction of sp³-hybridized carbons (Fsp3) is 0.417. The highest BCUT2D eigenvalue weighted by Gasteiger charge is 2.38. The van der Waals surface area contributed by atoms with Crippen LogP contribution >= 0.6 is 11.6 Å². The highest BCUT2D eigenvalue weighted by molar-refractivity contribution is 6.36. The molecule has 0 bridgehead atoms. The van der Waals surface area contributed by atoms with E-state index < -0.39 is 5.54 Å². The zero-order valence-electron chi connectivity index (χ0n) is 9.37. The molecular formula is C12H15ClN2O2. The summed E-state index contributed by atoms with van der Waals surface area (Å²) in [6, 6.07) is 4.95. The van der Waals surface area contributed by atoms with Gasteiger partial charge >= 0.3 is 0 Å². The van der Waals surface area contributed by atoms with Gasteiger partial charge in [0.2, 0.25) is 0 Å². The number of anilines is 1. The molecule has 5 heteroatoms. The molecule has 92 valence electrons. The summed E-state index contributed by atoms with van der Waals surface area (Å²) < 4.78 is 0. The molecule has 1 aromatic carbocycles. The number of nitrogens with one attached hydrogen (secondary N) is 1. The average Bonchev–Trinajstić information content (AvgIpc) is 2.27. The van der Waals surface area contributed by atoms with Crippen molar-refractivity contribution in [3.8, 4) is 0 Å². The quantitative estimate of drug-likeness (QED) is 0.717. The summed E-state index contributed by atoms with van der Waals surface area (Å²) >= 11 is 5.97. The van der Waals surface area contributed by atoms with Crippen molar-refractivity contribution in [2.45, 2.75) is 24.8 Å². The first-order valence-electron chi connectivity index (χ1n) is 5.55. The number of hydrogen-bond donors (Lipinski definition) is 3. The lowest BCUT2D eigenvalue weighted by atomic mass is 9.77. The third kappa shape index (κ3) is 2.23. The Bertz CT molecular complexity index is 439. The van der Waals surface area contributed by atoms with E-state index in [2.05, 4.69) is 5.32 Å². The van der Waals surface area contributed by atoms with Gasteiger partial charge in [-0.05, 0) is 31.4 Å². The molecule has 1 fully saturated rings. The van der Waals surface area contributed by atoms with Gasteiger partial charge in [-0.1, -0.05) is 17.7 Å². The molecule has 0 saturated heterocycles. The van der Waals surface area contributed by atoms with Gasteiger partial charge < -0.3 is 16.2 Å². The Morgan fingerprint density at radius 1 is 1.53 bits per heavy atom. The predicted molar refractivity (Wildman–Crippen MR) is 67.0 cm³/mol. The number of aliphatic hydroxyl groups is 1. The molecule has 1 aromatic rings. The summed E-state index contributed by atoms with van der Waals surface area (Å²) in [5.41, 5.74) is 5.91. The Hall–Kier alpha value is -1.26. The van der Waals surface area contributed by atoms with Gasteiger partial charge in [-0.15, -0.1) is 0 Å². The second kappa shape index (κ2) is 4.55. The minimum absolute atomic E-state index is 0.0430. The normalized spacial score (nSPS) is 17.3. The molecule has 0 aliphatic heterocycles. The number of carbonyl (C=O) groups is 1. The van der Waals surface area contributed by atoms with Crippen molar-refractivity contribution in [3.05, 3.63) is 28.8 Å².